The maximum Gasteiger partial charge on any atom is 0.353 e. The smallest absolute Gasteiger partial charge is 0.351 e. The molecule has 8 heteroatoms. The highest BCUT2D eigenvalue weighted by Gasteiger charge is 2.30. The maximum atomic E-state index is 12.1. The van der Waals surface area contributed by atoms with Crippen LogP contribution in [0.25, 0.3) is 10.9 Å². The Morgan fingerprint density at radius 1 is 0.970 bits per heavy atom. The lowest BCUT2D eigenvalue weighted by atomic mass is 9.90. The zero-order valence-corrected chi connectivity index (χ0v) is 18.1. The van der Waals surface area contributed by atoms with E-state index in [1.807, 2.05) is 41.3 Å². The standard InChI is InChI=1S/C25H24N6O2/c32-31(33)23-24(29-21-10-4-8-20-9-5-13-26-22(20)21)27-17-28-25(23)30-14-11-19(12-15-30)16-18-6-2-1-3-7-18/h1-10,13,17,19H,11-12,14-16H2,(H,27,28,29). The van der Waals surface area contributed by atoms with Crippen molar-refractivity contribution in [3.05, 3.63) is 88.9 Å². The average molecular weight is 441 g/mol. The van der Waals surface area contributed by atoms with Gasteiger partial charge >= 0.3 is 5.69 Å². The molecule has 166 valence electrons. The third-order valence-electron chi connectivity index (χ3n) is 6.15. The van der Waals surface area contributed by atoms with E-state index in [4.69, 9.17) is 0 Å². The molecule has 1 saturated heterocycles. The molecule has 2 aromatic heterocycles. The van der Waals surface area contributed by atoms with Gasteiger partial charge in [-0.15, -0.1) is 0 Å². The molecule has 0 aliphatic carbocycles. The topological polar surface area (TPSA) is 97.1 Å². The molecule has 0 spiro atoms. The fourth-order valence-electron chi connectivity index (χ4n) is 4.49. The number of anilines is 3. The first-order chi connectivity index (χ1) is 16.2. The minimum atomic E-state index is -0.397. The molecule has 0 unspecified atom stereocenters. The highest BCUT2D eigenvalue weighted by atomic mass is 16.6. The van der Waals surface area contributed by atoms with Crippen molar-refractivity contribution < 1.29 is 4.92 Å². The van der Waals surface area contributed by atoms with Crippen LogP contribution >= 0.6 is 0 Å². The molecule has 2 aromatic carbocycles. The lowest BCUT2D eigenvalue weighted by molar-refractivity contribution is -0.383. The second-order valence-electron chi connectivity index (χ2n) is 8.28. The van der Waals surface area contributed by atoms with Gasteiger partial charge < -0.3 is 10.2 Å². The molecule has 5 rings (SSSR count). The second-order valence-corrected chi connectivity index (χ2v) is 8.28. The monoisotopic (exact) mass is 440 g/mol. The van der Waals surface area contributed by atoms with E-state index < -0.39 is 4.92 Å². The van der Waals surface area contributed by atoms with Crippen molar-refractivity contribution in [2.24, 2.45) is 5.92 Å². The molecule has 0 atom stereocenters. The van der Waals surface area contributed by atoms with Gasteiger partial charge in [-0.1, -0.05) is 48.5 Å². The van der Waals surface area contributed by atoms with Gasteiger partial charge in [-0.05, 0) is 42.9 Å². The summed E-state index contributed by atoms with van der Waals surface area (Å²) in [6, 6.07) is 20.0. The Bertz CT molecular complexity index is 1270. The zero-order valence-electron chi connectivity index (χ0n) is 18.1. The van der Waals surface area contributed by atoms with E-state index in [1.54, 1.807) is 6.20 Å². The van der Waals surface area contributed by atoms with Gasteiger partial charge in [0.25, 0.3) is 0 Å². The van der Waals surface area contributed by atoms with Crippen molar-refractivity contribution in [3.8, 4) is 0 Å². The maximum absolute atomic E-state index is 12.1. The van der Waals surface area contributed by atoms with Crippen LogP contribution in [0.4, 0.5) is 23.0 Å². The fraction of sp³-hybridized carbons (Fsp3) is 0.240. The Labute approximate surface area is 191 Å². The zero-order chi connectivity index (χ0) is 22.6. The molecular formula is C25H24N6O2. The van der Waals surface area contributed by atoms with Gasteiger partial charge in [0.2, 0.25) is 11.6 Å². The Kier molecular flexibility index (Phi) is 5.80. The van der Waals surface area contributed by atoms with E-state index in [0.29, 0.717) is 17.4 Å². The van der Waals surface area contributed by atoms with Crippen LogP contribution in [-0.2, 0) is 6.42 Å². The van der Waals surface area contributed by atoms with Crippen molar-refractivity contribution in [2.75, 3.05) is 23.3 Å². The number of aromatic nitrogens is 3. The Morgan fingerprint density at radius 3 is 2.55 bits per heavy atom. The summed E-state index contributed by atoms with van der Waals surface area (Å²) >= 11 is 0. The largest absolute Gasteiger partial charge is 0.353 e. The predicted molar refractivity (Wildman–Crippen MR) is 129 cm³/mol. The van der Waals surface area contributed by atoms with E-state index in [1.165, 1.54) is 11.9 Å². The number of nitrogens with one attached hydrogen (secondary N) is 1. The minimum Gasteiger partial charge on any atom is -0.351 e. The number of para-hydroxylation sites is 1. The first kappa shape index (κ1) is 20.8. The molecule has 33 heavy (non-hydrogen) atoms. The van der Waals surface area contributed by atoms with Crippen LogP contribution in [-0.4, -0.2) is 33.0 Å². The number of hydrogen-bond acceptors (Lipinski definition) is 7. The highest BCUT2D eigenvalue weighted by Crippen LogP contribution is 2.36. The molecule has 1 aliphatic heterocycles. The van der Waals surface area contributed by atoms with E-state index in [9.17, 15) is 10.1 Å². The summed E-state index contributed by atoms with van der Waals surface area (Å²) in [7, 11) is 0. The molecule has 8 nitrogen and oxygen atoms in total. The fourth-order valence-corrected chi connectivity index (χ4v) is 4.49. The van der Waals surface area contributed by atoms with Gasteiger partial charge in [0.05, 0.1) is 16.1 Å². The Hall–Kier alpha value is -4.07. The van der Waals surface area contributed by atoms with E-state index in [2.05, 4.69) is 44.5 Å². The van der Waals surface area contributed by atoms with Crippen LogP contribution < -0.4 is 10.2 Å². The van der Waals surface area contributed by atoms with Gasteiger partial charge in [-0.3, -0.25) is 15.1 Å². The first-order valence-corrected chi connectivity index (χ1v) is 11.1. The number of pyridine rings is 1. The Morgan fingerprint density at radius 2 is 1.76 bits per heavy atom. The molecule has 0 bridgehead atoms. The summed E-state index contributed by atoms with van der Waals surface area (Å²) in [6.45, 7) is 1.45. The minimum absolute atomic E-state index is 0.105. The van der Waals surface area contributed by atoms with Gasteiger partial charge in [-0.25, -0.2) is 9.97 Å². The van der Waals surface area contributed by atoms with Crippen LogP contribution in [0.1, 0.15) is 18.4 Å². The number of piperidine rings is 1. The number of hydrogen-bond donors (Lipinski definition) is 1. The molecule has 0 amide bonds. The van der Waals surface area contributed by atoms with E-state index >= 15 is 0 Å². The molecule has 3 heterocycles. The Balaban J connectivity index is 1.38. The van der Waals surface area contributed by atoms with Crippen LogP contribution in [0.5, 0.6) is 0 Å². The van der Waals surface area contributed by atoms with Crippen molar-refractivity contribution in [2.45, 2.75) is 19.3 Å². The first-order valence-electron chi connectivity index (χ1n) is 11.1. The molecule has 1 fully saturated rings. The molecule has 1 aliphatic rings. The van der Waals surface area contributed by atoms with Crippen LogP contribution in [0.2, 0.25) is 0 Å². The SMILES string of the molecule is O=[N+]([O-])c1c(Nc2cccc3cccnc23)ncnc1N1CCC(Cc2ccccc2)CC1. The van der Waals surface area contributed by atoms with Gasteiger partial charge in [0.15, 0.2) is 0 Å². The molecule has 4 aromatic rings. The summed E-state index contributed by atoms with van der Waals surface area (Å²) in [6.07, 6.45) is 6.05. The van der Waals surface area contributed by atoms with Gasteiger partial charge in [0.1, 0.15) is 6.33 Å². The summed E-state index contributed by atoms with van der Waals surface area (Å²) in [5.74, 6) is 1.10. The molecule has 0 saturated carbocycles. The summed E-state index contributed by atoms with van der Waals surface area (Å²) in [5, 5.41) is 16.2. The second kappa shape index (κ2) is 9.20. The summed E-state index contributed by atoms with van der Waals surface area (Å²) in [5.41, 5.74) is 2.63. The van der Waals surface area contributed by atoms with Crippen molar-refractivity contribution in [1.29, 1.82) is 0 Å². The summed E-state index contributed by atoms with van der Waals surface area (Å²) < 4.78 is 0. The lowest BCUT2D eigenvalue weighted by Gasteiger charge is -2.32. The average Bonchev–Trinajstić information content (AvgIpc) is 2.85. The van der Waals surface area contributed by atoms with E-state index in [0.717, 1.165) is 43.3 Å². The van der Waals surface area contributed by atoms with Crippen LogP contribution in [0.15, 0.2) is 73.2 Å². The summed E-state index contributed by atoms with van der Waals surface area (Å²) in [4.78, 5) is 26.6. The highest BCUT2D eigenvalue weighted by molar-refractivity contribution is 5.92. The number of rotatable bonds is 6. The predicted octanol–water partition coefficient (Wildman–Crippen LogP) is 5.14. The number of nitro groups is 1. The number of nitrogens with zero attached hydrogens (tertiary/aromatic N) is 5. The van der Waals surface area contributed by atoms with Gasteiger partial charge in [-0.2, -0.15) is 0 Å². The quantitative estimate of drug-likeness (QED) is 0.328. The van der Waals surface area contributed by atoms with E-state index in [-0.39, 0.29) is 11.5 Å². The van der Waals surface area contributed by atoms with Crippen LogP contribution in [0, 0.1) is 16.0 Å². The van der Waals surface area contributed by atoms with Gasteiger partial charge in [0, 0.05) is 24.7 Å². The molecule has 1 N–H and O–H groups in total. The van der Waals surface area contributed by atoms with Crippen molar-refractivity contribution in [1.82, 2.24) is 15.0 Å². The third-order valence-corrected chi connectivity index (χ3v) is 6.15. The number of fused-ring (bicyclic) bond motifs is 1. The van der Waals surface area contributed by atoms with Crippen LogP contribution in [0.3, 0.4) is 0 Å². The third kappa shape index (κ3) is 4.45. The molecule has 0 radical (unpaired) electrons. The van der Waals surface area contributed by atoms with Crippen molar-refractivity contribution >= 4 is 33.9 Å². The normalized spacial score (nSPS) is 14.4. The lowest BCUT2D eigenvalue weighted by Crippen LogP contribution is -2.35. The number of benzene rings is 2. The van der Waals surface area contributed by atoms with Crippen molar-refractivity contribution in [3.63, 3.8) is 0 Å². The molecular weight excluding hydrogens is 416 g/mol.